The summed E-state index contributed by atoms with van der Waals surface area (Å²) in [6.07, 6.45) is 4.42. The summed E-state index contributed by atoms with van der Waals surface area (Å²) in [4.78, 5) is 12.7. The molecule has 2 aliphatic rings. The fourth-order valence-corrected chi connectivity index (χ4v) is 4.67. The van der Waals surface area contributed by atoms with E-state index in [2.05, 4.69) is 51.7 Å². The first-order valence-electron chi connectivity index (χ1n) is 10.8. The average molecular weight is 431 g/mol. The molecule has 7 nitrogen and oxygen atoms in total. The van der Waals surface area contributed by atoms with Gasteiger partial charge in [0, 0.05) is 17.7 Å². The molecule has 164 valence electrons. The van der Waals surface area contributed by atoms with Crippen LogP contribution in [-0.4, -0.2) is 32.4 Å². The van der Waals surface area contributed by atoms with Crippen LogP contribution in [-0.2, 0) is 17.6 Å². The van der Waals surface area contributed by atoms with Gasteiger partial charge in [0.05, 0.1) is 20.4 Å². The zero-order chi connectivity index (χ0) is 22.1. The van der Waals surface area contributed by atoms with Crippen LogP contribution in [0.15, 0.2) is 53.6 Å². The summed E-state index contributed by atoms with van der Waals surface area (Å²) in [5.41, 5.74) is 13.9. The van der Waals surface area contributed by atoms with E-state index in [9.17, 15) is 4.79 Å². The Morgan fingerprint density at radius 1 is 1.06 bits per heavy atom. The number of hydrogen-bond acceptors (Lipinski definition) is 6. The van der Waals surface area contributed by atoms with Crippen LogP contribution in [0.3, 0.4) is 0 Å². The van der Waals surface area contributed by atoms with E-state index in [-0.39, 0.29) is 18.0 Å². The summed E-state index contributed by atoms with van der Waals surface area (Å²) in [7, 11) is 3.18. The monoisotopic (exact) mass is 430 g/mol. The summed E-state index contributed by atoms with van der Waals surface area (Å²) >= 11 is 0. The number of nitrogens with one attached hydrogen (secondary N) is 3. The molecule has 3 N–H and O–H groups in total. The van der Waals surface area contributed by atoms with Crippen LogP contribution in [0.2, 0.25) is 0 Å². The molecule has 3 aromatic rings. The Morgan fingerprint density at radius 3 is 2.72 bits per heavy atom. The van der Waals surface area contributed by atoms with Gasteiger partial charge in [0.25, 0.3) is 5.91 Å². The predicted molar refractivity (Wildman–Crippen MR) is 124 cm³/mol. The van der Waals surface area contributed by atoms with E-state index in [0.717, 1.165) is 18.4 Å². The lowest BCUT2D eigenvalue weighted by Crippen LogP contribution is -2.41. The summed E-state index contributed by atoms with van der Waals surface area (Å²) in [6, 6.07) is 16.1. The molecular formula is C25H26N4O3. The number of hydrogen-bond donors (Lipinski definition) is 3. The molecule has 32 heavy (non-hydrogen) atoms. The molecule has 1 aliphatic heterocycles. The van der Waals surface area contributed by atoms with Crippen molar-refractivity contribution in [2.45, 2.75) is 31.3 Å². The molecule has 0 bridgehead atoms. The van der Waals surface area contributed by atoms with Crippen molar-refractivity contribution in [1.29, 1.82) is 0 Å². The summed E-state index contributed by atoms with van der Waals surface area (Å²) in [5.74, 6) is 1.13. The second-order valence-electron chi connectivity index (χ2n) is 8.13. The number of ether oxygens (including phenoxy) is 2. The Balaban J connectivity index is 1.26. The highest BCUT2D eigenvalue weighted by Gasteiger charge is 2.31. The molecular weight excluding hydrogens is 404 g/mol. The molecule has 1 aliphatic carbocycles. The van der Waals surface area contributed by atoms with Crippen LogP contribution >= 0.6 is 0 Å². The molecule has 1 amide bonds. The zero-order valence-electron chi connectivity index (χ0n) is 18.1. The lowest BCUT2D eigenvalue weighted by Gasteiger charge is -2.14. The largest absolute Gasteiger partial charge is 0.497 e. The van der Waals surface area contributed by atoms with Crippen molar-refractivity contribution >= 4 is 22.9 Å². The van der Waals surface area contributed by atoms with Gasteiger partial charge in [-0.15, -0.1) is 0 Å². The van der Waals surface area contributed by atoms with Gasteiger partial charge in [-0.3, -0.25) is 4.79 Å². The third kappa shape index (κ3) is 3.70. The van der Waals surface area contributed by atoms with Crippen LogP contribution in [0, 0.1) is 0 Å². The number of amides is 1. The van der Waals surface area contributed by atoms with Crippen molar-refractivity contribution < 1.29 is 14.3 Å². The number of hydrazine groups is 1. The van der Waals surface area contributed by atoms with E-state index in [1.807, 2.05) is 12.1 Å². The van der Waals surface area contributed by atoms with E-state index in [0.29, 0.717) is 17.9 Å². The number of aryl methyl sites for hydroxylation is 2. The van der Waals surface area contributed by atoms with Crippen LogP contribution in [0.5, 0.6) is 11.5 Å². The zero-order valence-corrected chi connectivity index (χ0v) is 18.1. The highest BCUT2D eigenvalue weighted by Crippen LogP contribution is 2.36. The smallest absolute Gasteiger partial charge is 0.258 e. The minimum Gasteiger partial charge on any atom is -0.497 e. The fourth-order valence-electron chi connectivity index (χ4n) is 4.67. The summed E-state index contributed by atoms with van der Waals surface area (Å²) < 4.78 is 10.6. The first-order valence-corrected chi connectivity index (χ1v) is 10.8. The number of carbonyl (C=O) groups is 1. The Hall–Kier alpha value is -3.42. The molecule has 2 unspecified atom stereocenters. The minimum atomic E-state index is -0.377. The first-order chi connectivity index (χ1) is 15.7. The summed E-state index contributed by atoms with van der Waals surface area (Å²) in [5, 5.41) is 6.78. The van der Waals surface area contributed by atoms with E-state index in [4.69, 9.17) is 9.47 Å². The van der Waals surface area contributed by atoms with E-state index in [1.54, 1.807) is 26.5 Å². The molecule has 7 heteroatoms. The van der Waals surface area contributed by atoms with Crippen molar-refractivity contribution in [2.75, 3.05) is 14.2 Å². The second kappa shape index (κ2) is 8.61. The van der Waals surface area contributed by atoms with Gasteiger partial charge < -0.3 is 9.47 Å². The third-order valence-corrected chi connectivity index (χ3v) is 6.32. The predicted octanol–water partition coefficient (Wildman–Crippen LogP) is 3.01. The van der Waals surface area contributed by atoms with Gasteiger partial charge in [0.2, 0.25) is 0 Å². The Morgan fingerprint density at radius 2 is 1.91 bits per heavy atom. The van der Waals surface area contributed by atoms with Gasteiger partial charge in [0.15, 0.2) is 0 Å². The van der Waals surface area contributed by atoms with Gasteiger partial charge in [-0.05, 0) is 58.9 Å². The summed E-state index contributed by atoms with van der Waals surface area (Å²) in [6.45, 7) is 0. The van der Waals surface area contributed by atoms with Gasteiger partial charge in [-0.25, -0.2) is 16.3 Å². The number of benzene rings is 3. The number of hydrazone groups is 1. The van der Waals surface area contributed by atoms with Crippen LogP contribution in [0.25, 0.3) is 10.8 Å². The Bertz CT molecular complexity index is 1200. The highest BCUT2D eigenvalue weighted by atomic mass is 16.5. The van der Waals surface area contributed by atoms with Gasteiger partial charge >= 0.3 is 0 Å². The van der Waals surface area contributed by atoms with Gasteiger partial charge in [0.1, 0.15) is 17.5 Å². The lowest BCUT2D eigenvalue weighted by atomic mass is 9.93. The van der Waals surface area contributed by atoms with Crippen molar-refractivity contribution in [2.24, 2.45) is 5.10 Å². The molecule has 0 aromatic heterocycles. The van der Waals surface area contributed by atoms with Gasteiger partial charge in [-0.1, -0.05) is 30.3 Å². The Labute approximate surface area is 186 Å². The Kier molecular flexibility index (Phi) is 5.51. The van der Waals surface area contributed by atoms with Crippen molar-refractivity contribution in [3.63, 3.8) is 0 Å². The van der Waals surface area contributed by atoms with Gasteiger partial charge in [-0.2, -0.15) is 5.10 Å². The highest BCUT2D eigenvalue weighted by molar-refractivity contribution is 5.94. The molecule has 0 saturated carbocycles. The maximum absolute atomic E-state index is 12.7. The van der Waals surface area contributed by atoms with Crippen LogP contribution in [0.4, 0.5) is 0 Å². The lowest BCUT2D eigenvalue weighted by molar-refractivity contribution is -0.122. The molecule has 2 atom stereocenters. The van der Waals surface area contributed by atoms with E-state index >= 15 is 0 Å². The third-order valence-electron chi connectivity index (χ3n) is 6.32. The fraction of sp³-hybridized carbons (Fsp3) is 0.280. The topological polar surface area (TPSA) is 84.0 Å². The van der Waals surface area contributed by atoms with Crippen molar-refractivity contribution in [3.8, 4) is 11.5 Å². The maximum Gasteiger partial charge on any atom is 0.258 e. The maximum atomic E-state index is 12.7. The first kappa shape index (κ1) is 20.5. The van der Waals surface area contributed by atoms with E-state index < -0.39 is 0 Å². The quantitative estimate of drug-likeness (QED) is 0.414. The SMILES string of the molecule is COc1ccc(/C=N/NC(=O)C2CC(c3ccc4c5c(cccc35)CC4)NN2)c(OC)c1. The number of methoxy groups -OCH3 is 2. The molecule has 3 aromatic carbocycles. The van der Waals surface area contributed by atoms with Crippen molar-refractivity contribution in [1.82, 2.24) is 16.3 Å². The van der Waals surface area contributed by atoms with Crippen molar-refractivity contribution in [3.05, 3.63) is 70.8 Å². The molecule has 1 fully saturated rings. The molecule has 1 saturated heterocycles. The second-order valence-corrected chi connectivity index (χ2v) is 8.13. The minimum absolute atomic E-state index is 0.0568. The van der Waals surface area contributed by atoms with E-state index in [1.165, 1.54) is 27.5 Å². The van der Waals surface area contributed by atoms with Crippen LogP contribution < -0.4 is 25.8 Å². The standard InChI is InChI=1S/C25H26N4O3/c1-31-18-10-8-17(23(12-18)32-2)14-26-29-25(30)22-13-21(27-28-22)19-11-9-16-7-6-15-4-3-5-20(19)24(15)16/h3-5,8-12,14,21-22,27-28H,6-7,13H2,1-2H3,(H,29,30)/b26-14+. The molecule has 0 radical (unpaired) electrons. The number of rotatable bonds is 6. The van der Waals surface area contributed by atoms with Crippen LogP contribution in [0.1, 0.15) is 34.7 Å². The molecule has 5 rings (SSSR count). The molecule has 1 heterocycles. The number of nitrogens with zero attached hydrogens (tertiary/aromatic N) is 1. The average Bonchev–Trinajstić information content (AvgIpc) is 3.48. The number of carbonyl (C=O) groups excluding carboxylic acids is 1. The molecule has 0 spiro atoms. The normalized spacial score (nSPS) is 19.6.